The molecule has 1 aliphatic heterocycles. The Morgan fingerprint density at radius 3 is 2.67 bits per heavy atom. The number of anilines is 1. The van der Waals surface area contributed by atoms with E-state index >= 15 is 0 Å². The molecule has 0 aliphatic carbocycles. The minimum absolute atomic E-state index is 0. The molecule has 0 radical (unpaired) electrons. The third kappa shape index (κ3) is 2.43. The number of carbonyl (C=O) groups excluding carboxylic acids is 2. The average molecular weight is 207 g/mol. The zero-order valence-electron chi connectivity index (χ0n) is 9.26. The first-order chi connectivity index (χ1) is 7.16. The van der Waals surface area contributed by atoms with Crippen molar-refractivity contribution in [2.45, 2.75) is 27.2 Å². The summed E-state index contributed by atoms with van der Waals surface area (Å²) in [4.78, 5) is 22.0. The van der Waals surface area contributed by atoms with Crippen LogP contribution in [0.2, 0.25) is 0 Å². The lowest BCUT2D eigenvalue weighted by molar-refractivity contribution is -0.115. The normalized spacial score (nSPS) is 12.3. The predicted octanol–water partition coefficient (Wildman–Crippen LogP) is 2.66. The van der Waals surface area contributed by atoms with E-state index < -0.39 is 0 Å². The molecule has 1 aromatic rings. The van der Waals surface area contributed by atoms with E-state index in [2.05, 4.69) is 5.32 Å². The van der Waals surface area contributed by atoms with Gasteiger partial charge in [0.15, 0.2) is 5.78 Å². The first-order valence-corrected chi connectivity index (χ1v) is 5.10. The van der Waals surface area contributed by atoms with Crippen LogP contribution >= 0.6 is 0 Å². The lowest BCUT2D eigenvalue weighted by Crippen LogP contribution is -2.03. The number of rotatable bonds is 1. The number of amides is 1. The van der Waals surface area contributed by atoms with Crippen LogP contribution in [0.3, 0.4) is 0 Å². The van der Waals surface area contributed by atoms with Crippen LogP contribution in [0.15, 0.2) is 18.2 Å². The monoisotopic (exact) mass is 207 g/mol. The van der Waals surface area contributed by atoms with Gasteiger partial charge in [-0.15, -0.1) is 0 Å². The predicted molar refractivity (Wildman–Crippen MR) is 62.2 cm³/mol. The van der Waals surface area contributed by atoms with E-state index in [1.54, 1.807) is 18.2 Å². The van der Waals surface area contributed by atoms with Crippen molar-refractivity contribution in [2.24, 2.45) is 0 Å². The van der Waals surface area contributed by atoms with Crippen LogP contribution < -0.4 is 5.32 Å². The number of benzene rings is 1. The van der Waals surface area contributed by atoms with E-state index in [0.717, 1.165) is 11.3 Å². The van der Waals surface area contributed by atoms with Gasteiger partial charge in [-0.05, 0) is 30.7 Å². The van der Waals surface area contributed by atoms with E-state index in [9.17, 15) is 9.59 Å². The van der Waals surface area contributed by atoms with Crippen LogP contribution in [0, 0.1) is 0 Å². The molecule has 15 heavy (non-hydrogen) atoms. The van der Waals surface area contributed by atoms with Crippen LogP contribution in [0.1, 0.15) is 38.1 Å². The van der Waals surface area contributed by atoms with E-state index in [-0.39, 0.29) is 13.1 Å². The second-order valence-electron chi connectivity index (χ2n) is 3.15. The molecule has 1 aromatic carbocycles. The van der Waals surface area contributed by atoms with Gasteiger partial charge < -0.3 is 5.32 Å². The number of fused-ring (bicyclic) bond motifs is 1. The Bertz CT molecular complexity index is 402. The van der Waals surface area contributed by atoms with Gasteiger partial charge in [0, 0.05) is 12.7 Å². The van der Waals surface area contributed by atoms with Crippen LogP contribution in [-0.4, -0.2) is 11.7 Å². The number of Topliss-reactive ketones (excluding diaryl/α,β-unsaturated/α-hetero) is 1. The molecule has 1 amide bonds. The average Bonchev–Trinajstić information content (AvgIpc) is 2.59. The first kappa shape index (κ1) is 11.4. The Morgan fingerprint density at radius 2 is 2.07 bits per heavy atom. The number of hydrogen-bond acceptors (Lipinski definition) is 2. The Labute approximate surface area is 91.0 Å². The van der Waals surface area contributed by atoms with Crippen molar-refractivity contribution >= 4 is 17.4 Å². The van der Waals surface area contributed by atoms with Crippen molar-refractivity contribution in [1.82, 2.24) is 0 Å². The molecule has 82 valence electrons. The molecule has 3 heteroatoms. The summed E-state index contributed by atoms with van der Waals surface area (Å²) >= 11 is 0. The Kier molecular flexibility index (Phi) is 3.61. The lowest BCUT2D eigenvalue weighted by atomic mass is 10.1. The van der Waals surface area contributed by atoms with Gasteiger partial charge in [0.2, 0.25) is 5.91 Å². The fourth-order valence-corrected chi connectivity index (χ4v) is 1.45. The summed E-state index contributed by atoms with van der Waals surface area (Å²) in [5, 5.41) is 2.71. The van der Waals surface area contributed by atoms with Crippen molar-refractivity contribution in [3.05, 3.63) is 29.3 Å². The Balaban J connectivity index is 0.000000711. The van der Waals surface area contributed by atoms with Gasteiger partial charge in [-0.2, -0.15) is 0 Å². The molecule has 0 aromatic heterocycles. The van der Waals surface area contributed by atoms with Crippen LogP contribution in [0.5, 0.6) is 0 Å². The molecular formula is C12H17NO2. The summed E-state index contributed by atoms with van der Waals surface area (Å²) in [6, 6.07) is 5.28. The summed E-state index contributed by atoms with van der Waals surface area (Å²) in [6.07, 6.45) is 0.385. The van der Waals surface area contributed by atoms with E-state index in [4.69, 9.17) is 0 Å². The van der Waals surface area contributed by atoms with Crippen molar-refractivity contribution in [2.75, 3.05) is 5.32 Å². The maximum absolute atomic E-state index is 11.0. The molecule has 1 heterocycles. The molecule has 0 fully saturated rings. The summed E-state index contributed by atoms with van der Waals surface area (Å²) in [7, 11) is 0. The van der Waals surface area contributed by atoms with Crippen LogP contribution in [0.4, 0.5) is 5.69 Å². The fourth-order valence-electron chi connectivity index (χ4n) is 1.45. The third-order valence-electron chi connectivity index (χ3n) is 2.14. The summed E-state index contributed by atoms with van der Waals surface area (Å²) in [6.45, 7) is 5.52. The number of hydrogen-bond donors (Lipinski definition) is 1. The Morgan fingerprint density at radius 1 is 1.40 bits per heavy atom. The smallest absolute Gasteiger partial charge is 0.228 e. The first-order valence-electron chi connectivity index (χ1n) is 5.10. The van der Waals surface area contributed by atoms with E-state index in [1.807, 2.05) is 13.8 Å². The molecule has 0 atom stereocenters. The highest BCUT2D eigenvalue weighted by molar-refractivity contribution is 6.01. The zero-order chi connectivity index (χ0) is 11.4. The summed E-state index contributed by atoms with van der Waals surface area (Å²) in [5.41, 5.74) is 2.41. The summed E-state index contributed by atoms with van der Waals surface area (Å²) < 4.78 is 0. The standard InChI is InChI=1S/C10H9NO2.C2H6.H2/c1-6(12)7-2-3-9-8(4-7)5-10(13)11-9;1-2;/h2-4H,5H2,1H3,(H,11,13);1-2H3;1H. The second-order valence-corrected chi connectivity index (χ2v) is 3.15. The molecule has 0 unspecified atom stereocenters. The molecular weight excluding hydrogens is 190 g/mol. The van der Waals surface area contributed by atoms with Crippen LogP contribution in [-0.2, 0) is 11.2 Å². The molecule has 3 nitrogen and oxygen atoms in total. The zero-order valence-corrected chi connectivity index (χ0v) is 9.26. The summed E-state index contributed by atoms with van der Waals surface area (Å²) in [5.74, 6) is 0.0258. The van der Waals surface area contributed by atoms with Crippen LogP contribution in [0.25, 0.3) is 0 Å². The third-order valence-corrected chi connectivity index (χ3v) is 2.14. The van der Waals surface area contributed by atoms with E-state index in [1.165, 1.54) is 6.92 Å². The minimum Gasteiger partial charge on any atom is -0.326 e. The SMILES string of the molecule is CC.CC(=O)c1ccc2c(c1)CC(=O)N2.[HH]. The van der Waals surface area contributed by atoms with Crippen molar-refractivity contribution < 1.29 is 11.0 Å². The van der Waals surface area contributed by atoms with Gasteiger partial charge in [-0.3, -0.25) is 9.59 Å². The molecule has 2 rings (SSSR count). The molecule has 1 aliphatic rings. The van der Waals surface area contributed by atoms with Gasteiger partial charge in [-0.25, -0.2) is 0 Å². The molecule has 0 saturated carbocycles. The largest absolute Gasteiger partial charge is 0.326 e. The van der Waals surface area contributed by atoms with Gasteiger partial charge in [0.05, 0.1) is 6.42 Å². The molecule has 0 saturated heterocycles. The van der Waals surface area contributed by atoms with Gasteiger partial charge in [-0.1, -0.05) is 13.8 Å². The fraction of sp³-hybridized carbons (Fsp3) is 0.333. The Hall–Kier alpha value is -1.64. The highest BCUT2D eigenvalue weighted by Gasteiger charge is 2.17. The number of carbonyl (C=O) groups is 2. The molecule has 1 N–H and O–H groups in total. The van der Waals surface area contributed by atoms with Crippen molar-refractivity contribution in [1.29, 1.82) is 0 Å². The van der Waals surface area contributed by atoms with Gasteiger partial charge >= 0.3 is 0 Å². The molecule has 0 bridgehead atoms. The minimum atomic E-state index is -0.00398. The maximum Gasteiger partial charge on any atom is 0.228 e. The maximum atomic E-state index is 11.0. The number of nitrogens with one attached hydrogen (secondary N) is 1. The van der Waals surface area contributed by atoms with Crippen molar-refractivity contribution in [3.8, 4) is 0 Å². The van der Waals surface area contributed by atoms with Gasteiger partial charge in [0.25, 0.3) is 0 Å². The van der Waals surface area contributed by atoms with E-state index in [0.29, 0.717) is 12.0 Å². The lowest BCUT2D eigenvalue weighted by Gasteiger charge is -1.99. The van der Waals surface area contributed by atoms with Gasteiger partial charge in [0.1, 0.15) is 0 Å². The van der Waals surface area contributed by atoms with Crippen molar-refractivity contribution in [3.63, 3.8) is 0 Å². The highest BCUT2D eigenvalue weighted by atomic mass is 16.1. The quantitative estimate of drug-likeness (QED) is 0.719. The molecule has 0 spiro atoms. The number of ketones is 1. The second kappa shape index (κ2) is 4.73. The highest BCUT2D eigenvalue weighted by Crippen LogP contribution is 2.23. The topological polar surface area (TPSA) is 46.2 Å².